The number of esters is 1. The summed E-state index contributed by atoms with van der Waals surface area (Å²) in [4.78, 5) is 11.2. The van der Waals surface area contributed by atoms with E-state index in [1.807, 2.05) is 6.07 Å². The highest BCUT2D eigenvalue weighted by molar-refractivity contribution is 5.89. The number of rotatable bonds is 3. The quantitative estimate of drug-likeness (QED) is 0.592. The standard InChI is InChI=1S/C11H12O4/c1-14-11(13)8-4-2-3-7(5-8)10-9(6-12)15-10/h2-5,9-10,12H,6H2,1H3. The number of ether oxygens (including phenoxy) is 2. The van der Waals surface area contributed by atoms with E-state index in [9.17, 15) is 4.79 Å². The predicted molar refractivity (Wildman–Crippen MR) is 52.5 cm³/mol. The van der Waals surface area contributed by atoms with Gasteiger partial charge in [0, 0.05) is 0 Å². The lowest BCUT2D eigenvalue weighted by molar-refractivity contribution is 0.0600. The minimum absolute atomic E-state index is 0.00706. The molecule has 1 aliphatic rings. The summed E-state index contributed by atoms with van der Waals surface area (Å²) in [7, 11) is 1.35. The second kappa shape index (κ2) is 4.00. The number of carbonyl (C=O) groups excluding carboxylic acids is 1. The number of epoxide rings is 1. The summed E-state index contributed by atoms with van der Waals surface area (Å²) in [6.45, 7) is 0.00706. The molecule has 0 saturated carbocycles. The molecule has 2 rings (SSSR count). The molecule has 0 amide bonds. The van der Waals surface area contributed by atoms with Crippen LogP contribution in [0.2, 0.25) is 0 Å². The molecule has 4 heteroatoms. The molecular formula is C11H12O4. The van der Waals surface area contributed by atoms with Crippen LogP contribution < -0.4 is 0 Å². The first-order chi connectivity index (χ1) is 7.26. The number of aliphatic hydroxyl groups is 1. The van der Waals surface area contributed by atoms with Gasteiger partial charge in [0.2, 0.25) is 0 Å². The van der Waals surface area contributed by atoms with Crippen molar-refractivity contribution in [2.45, 2.75) is 12.2 Å². The van der Waals surface area contributed by atoms with E-state index in [0.717, 1.165) is 5.56 Å². The molecule has 2 unspecified atom stereocenters. The molecule has 0 aliphatic carbocycles. The molecule has 0 aromatic heterocycles. The fourth-order valence-electron chi connectivity index (χ4n) is 1.54. The van der Waals surface area contributed by atoms with E-state index in [1.54, 1.807) is 18.2 Å². The van der Waals surface area contributed by atoms with Gasteiger partial charge in [-0.3, -0.25) is 0 Å². The Morgan fingerprint density at radius 2 is 2.40 bits per heavy atom. The summed E-state index contributed by atoms with van der Waals surface area (Å²) in [5, 5.41) is 8.85. The van der Waals surface area contributed by atoms with Gasteiger partial charge >= 0.3 is 5.97 Å². The van der Waals surface area contributed by atoms with Gasteiger partial charge in [0.15, 0.2) is 0 Å². The maximum atomic E-state index is 11.2. The average Bonchev–Trinajstić information content (AvgIpc) is 3.07. The van der Waals surface area contributed by atoms with Crippen molar-refractivity contribution in [3.05, 3.63) is 35.4 Å². The maximum Gasteiger partial charge on any atom is 0.337 e. The lowest BCUT2D eigenvalue weighted by atomic mass is 10.1. The fraction of sp³-hybridized carbons (Fsp3) is 0.364. The molecule has 1 aromatic carbocycles. The average molecular weight is 208 g/mol. The Labute approximate surface area is 87.4 Å². The molecule has 1 heterocycles. The molecule has 0 bridgehead atoms. The number of benzene rings is 1. The van der Waals surface area contributed by atoms with Crippen molar-refractivity contribution in [2.24, 2.45) is 0 Å². The first-order valence-electron chi connectivity index (χ1n) is 4.71. The molecule has 1 saturated heterocycles. The van der Waals surface area contributed by atoms with Crippen molar-refractivity contribution < 1.29 is 19.4 Å². The van der Waals surface area contributed by atoms with Crippen molar-refractivity contribution >= 4 is 5.97 Å². The molecule has 1 aromatic rings. The van der Waals surface area contributed by atoms with Crippen LogP contribution in [0.1, 0.15) is 22.0 Å². The van der Waals surface area contributed by atoms with Gasteiger partial charge in [0.25, 0.3) is 0 Å². The van der Waals surface area contributed by atoms with Gasteiger partial charge in [-0.2, -0.15) is 0 Å². The zero-order valence-electron chi connectivity index (χ0n) is 8.34. The molecule has 0 spiro atoms. The van der Waals surface area contributed by atoms with Crippen LogP contribution in [0.5, 0.6) is 0 Å². The SMILES string of the molecule is COC(=O)c1cccc(C2OC2CO)c1. The van der Waals surface area contributed by atoms with E-state index in [1.165, 1.54) is 7.11 Å². The van der Waals surface area contributed by atoms with Crippen molar-refractivity contribution in [3.8, 4) is 0 Å². The summed E-state index contributed by atoms with van der Waals surface area (Å²) in [5.41, 5.74) is 1.40. The van der Waals surface area contributed by atoms with Crippen molar-refractivity contribution in [1.29, 1.82) is 0 Å². The lowest BCUT2D eigenvalue weighted by Crippen LogP contribution is -2.02. The predicted octanol–water partition coefficient (Wildman–Crippen LogP) is 0.905. The van der Waals surface area contributed by atoms with Gasteiger partial charge < -0.3 is 14.6 Å². The zero-order valence-corrected chi connectivity index (χ0v) is 8.34. The van der Waals surface area contributed by atoms with Crippen molar-refractivity contribution in [2.75, 3.05) is 13.7 Å². The molecule has 1 fully saturated rings. The van der Waals surface area contributed by atoms with E-state index in [4.69, 9.17) is 9.84 Å². The molecule has 15 heavy (non-hydrogen) atoms. The van der Waals surface area contributed by atoms with E-state index in [2.05, 4.69) is 4.74 Å². The van der Waals surface area contributed by atoms with Crippen LogP contribution in [0.4, 0.5) is 0 Å². The molecule has 4 nitrogen and oxygen atoms in total. The largest absolute Gasteiger partial charge is 0.465 e. The third-order valence-corrected chi connectivity index (χ3v) is 2.40. The van der Waals surface area contributed by atoms with Gasteiger partial charge in [0.05, 0.1) is 19.3 Å². The number of carbonyl (C=O) groups is 1. The lowest BCUT2D eigenvalue weighted by Gasteiger charge is -2.01. The Hall–Kier alpha value is -1.39. The molecule has 1 aliphatic heterocycles. The van der Waals surface area contributed by atoms with Gasteiger partial charge in [-0.15, -0.1) is 0 Å². The Bertz CT molecular complexity index is 375. The Morgan fingerprint density at radius 3 is 3.00 bits per heavy atom. The second-order valence-electron chi connectivity index (χ2n) is 3.39. The van der Waals surface area contributed by atoms with Crippen LogP contribution in [0.25, 0.3) is 0 Å². The third-order valence-electron chi connectivity index (χ3n) is 2.40. The van der Waals surface area contributed by atoms with Crippen LogP contribution in [0.3, 0.4) is 0 Å². The first kappa shape index (κ1) is 10.1. The van der Waals surface area contributed by atoms with Crippen LogP contribution in [-0.2, 0) is 9.47 Å². The van der Waals surface area contributed by atoms with Gasteiger partial charge in [-0.25, -0.2) is 4.79 Å². The Morgan fingerprint density at radius 1 is 1.60 bits per heavy atom. The van der Waals surface area contributed by atoms with Crippen LogP contribution in [0.15, 0.2) is 24.3 Å². The van der Waals surface area contributed by atoms with E-state index in [0.29, 0.717) is 5.56 Å². The van der Waals surface area contributed by atoms with Crippen LogP contribution in [-0.4, -0.2) is 30.9 Å². The van der Waals surface area contributed by atoms with Gasteiger partial charge in [-0.05, 0) is 17.7 Å². The molecule has 0 radical (unpaired) electrons. The van der Waals surface area contributed by atoms with Crippen LogP contribution in [0, 0.1) is 0 Å². The molecule has 2 atom stereocenters. The Kier molecular flexibility index (Phi) is 2.70. The number of aliphatic hydroxyl groups excluding tert-OH is 1. The normalized spacial score (nSPS) is 23.6. The number of hydrogen-bond donors (Lipinski definition) is 1. The minimum Gasteiger partial charge on any atom is -0.465 e. The molecule has 80 valence electrons. The maximum absolute atomic E-state index is 11.2. The highest BCUT2D eigenvalue weighted by Crippen LogP contribution is 2.38. The molecule has 1 N–H and O–H groups in total. The monoisotopic (exact) mass is 208 g/mol. The van der Waals surface area contributed by atoms with Gasteiger partial charge in [0.1, 0.15) is 12.2 Å². The third kappa shape index (κ3) is 2.00. The Balaban J connectivity index is 2.17. The van der Waals surface area contributed by atoms with Gasteiger partial charge in [-0.1, -0.05) is 12.1 Å². The number of hydrogen-bond acceptors (Lipinski definition) is 4. The highest BCUT2D eigenvalue weighted by atomic mass is 16.6. The molecular weight excluding hydrogens is 196 g/mol. The topological polar surface area (TPSA) is 59.1 Å². The van der Waals surface area contributed by atoms with E-state index >= 15 is 0 Å². The first-order valence-corrected chi connectivity index (χ1v) is 4.71. The number of methoxy groups -OCH3 is 1. The summed E-state index contributed by atoms with van der Waals surface area (Å²) in [6.07, 6.45) is -0.211. The highest BCUT2D eigenvalue weighted by Gasteiger charge is 2.39. The minimum atomic E-state index is -0.363. The second-order valence-corrected chi connectivity index (χ2v) is 3.39. The van der Waals surface area contributed by atoms with E-state index < -0.39 is 0 Å². The van der Waals surface area contributed by atoms with Crippen LogP contribution >= 0.6 is 0 Å². The summed E-state index contributed by atoms with van der Waals surface area (Å²) >= 11 is 0. The zero-order chi connectivity index (χ0) is 10.8. The summed E-state index contributed by atoms with van der Waals surface area (Å²) < 4.78 is 9.83. The summed E-state index contributed by atoms with van der Waals surface area (Å²) in [5.74, 6) is -0.363. The van der Waals surface area contributed by atoms with E-state index in [-0.39, 0.29) is 24.8 Å². The van der Waals surface area contributed by atoms with Crippen molar-refractivity contribution in [1.82, 2.24) is 0 Å². The summed E-state index contributed by atoms with van der Waals surface area (Å²) in [6, 6.07) is 7.06. The fourth-order valence-corrected chi connectivity index (χ4v) is 1.54. The van der Waals surface area contributed by atoms with Crippen molar-refractivity contribution in [3.63, 3.8) is 0 Å². The smallest absolute Gasteiger partial charge is 0.337 e.